The van der Waals surface area contributed by atoms with Crippen LogP contribution in [0.4, 0.5) is 0 Å². The van der Waals surface area contributed by atoms with Gasteiger partial charge in [-0.2, -0.15) is 0 Å². The Kier molecular flexibility index (Phi) is 2.55. The lowest BCUT2D eigenvalue weighted by atomic mass is 10.3. The van der Waals surface area contributed by atoms with Crippen molar-refractivity contribution in [3.63, 3.8) is 0 Å². The predicted octanol–water partition coefficient (Wildman–Crippen LogP) is 1.35. The first-order chi connectivity index (χ1) is 6.79. The summed E-state index contributed by atoms with van der Waals surface area (Å²) in [7, 11) is 0. The van der Waals surface area contributed by atoms with Crippen LogP contribution in [0.3, 0.4) is 0 Å². The van der Waals surface area contributed by atoms with Gasteiger partial charge in [-0.15, -0.1) is 10.2 Å². The van der Waals surface area contributed by atoms with Crippen LogP contribution in [0.1, 0.15) is 5.89 Å². The largest absolute Gasteiger partial charge is 0.419 e. The Morgan fingerprint density at radius 2 is 2.21 bits per heavy atom. The second-order valence-corrected chi connectivity index (χ2v) is 3.51. The first-order valence-electron chi connectivity index (χ1n) is 3.93. The SMILES string of the molecule is NCc1nnc(-c2cncc(Br)c2)o1. The van der Waals surface area contributed by atoms with Crippen LogP contribution in [0, 0.1) is 0 Å². The minimum Gasteiger partial charge on any atom is -0.419 e. The molecule has 0 amide bonds. The Labute approximate surface area is 88.5 Å². The Hall–Kier alpha value is -1.27. The first-order valence-corrected chi connectivity index (χ1v) is 4.72. The maximum Gasteiger partial charge on any atom is 0.249 e. The van der Waals surface area contributed by atoms with Crippen molar-refractivity contribution in [3.05, 3.63) is 28.8 Å². The van der Waals surface area contributed by atoms with Crippen LogP contribution in [0.2, 0.25) is 0 Å². The Morgan fingerprint density at radius 3 is 2.86 bits per heavy atom. The van der Waals surface area contributed by atoms with Gasteiger partial charge in [-0.1, -0.05) is 0 Å². The van der Waals surface area contributed by atoms with Gasteiger partial charge < -0.3 is 10.2 Å². The van der Waals surface area contributed by atoms with Gasteiger partial charge in [0.15, 0.2) is 0 Å². The highest BCUT2D eigenvalue weighted by molar-refractivity contribution is 9.10. The molecule has 0 unspecified atom stereocenters. The molecule has 0 fully saturated rings. The van der Waals surface area contributed by atoms with Crippen LogP contribution in [-0.2, 0) is 6.54 Å². The lowest BCUT2D eigenvalue weighted by Crippen LogP contribution is -1.95. The summed E-state index contributed by atoms with van der Waals surface area (Å²) >= 11 is 3.31. The van der Waals surface area contributed by atoms with Gasteiger partial charge in [0.1, 0.15) is 0 Å². The van der Waals surface area contributed by atoms with Crippen molar-refractivity contribution in [3.8, 4) is 11.5 Å². The van der Waals surface area contributed by atoms with Crippen molar-refractivity contribution < 1.29 is 4.42 Å². The van der Waals surface area contributed by atoms with Crippen molar-refractivity contribution >= 4 is 15.9 Å². The zero-order valence-corrected chi connectivity index (χ0v) is 8.73. The van der Waals surface area contributed by atoms with E-state index in [4.69, 9.17) is 10.2 Å². The lowest BCUT2D eigenvalue weighted by Gasteiger charge is -1.93. The van der Waals surface area contributed by atoms with Crippen LogP contribution in [0.25, 0.3) is 11.5 Å². The number of nitrogens with two attached hydrogens (primary N) is 1. The highest BCUT2D eigenvalue weighted by Crippen LogP contribution is 2.19. The van der Waals surface area contributed by atoms with Crippen LogP contribution in [0.5, 0.6) is 0 Å². The third kappa shape index (κ3) is 1.80. The molecule has 2 rings (SSSR count). The van der Waals surface area contributed by atoms with Crippen molar-refractivity contribution in [2.24, 2.45) is 5.73 Å². The summed E-state index contributed by atoms with van der Waals surface area (Å²) in [4.78, 5) is 3.99. The van der Waals surface area contributed by atoms with E-state index in [1.807, 2.05) is 6.07 Å². The fourth-order valence-corrected chi connectivity index (χ4v) is 1.35. The van der Waals surface area contributed by atoms with E-state index in [0.29, 0.717) is 11.8 Å². The Morgan fingerprint density at radius 1 is 1.36 bits per heavy atom. The second-order valence-electron chi connectivity index (χ2n) is 2.60. The van der Waals surface area contributed by atoms with E-state index in [-0.39, 0.29) is 6.54 Å². The lowest BCUT2D eigenvalue weighted by molar-refractivity contribution is 0.508. The molecule has 72 valence electrons. The van der Waals surface area contributed by atoms with Gasteiger partial charge in [0.25, 0.3) is 0 Å². The number of halogens is 1. The van der Waals surface area contributed by atoms with E-state index < -0.39 is 0 Å². The summed E-state index contributed by atoms with van der Waals surface area (Å²) in [5, 5.41) is 7.60. The van der Waals surface area contributed by atoms with E-state index in [1.165, 1.54) is 0 Å². The van der Waals surface area contributed by atoms with Crippen molar-refractivity contribution in [2.45, 2.75) is 6.54 Å². The summed E-state index contributed by atoms with van der Waals surface area (Å²) in [6, 6.07) is 1.85. The van der Waals surface area contributed by atoms with E-state index in [1.54, 1.807) is 12.4 Å². The third-order valence-corrected chi connectivity index (χ3v) is 2.03. The molecule has 0 aromatic carbocycles. The molecule has 0 saturated heterocycles. The number of hydrogen-bond donors (Lipinski definition) is 1. The van der Waals surface area contributed by atoms with Gasteiger partial charge in [0.2, 0.25) is 11.8 Å². The molecule has 2 heterocycles. The molecule has 0 spiro atoms. The zero-order valence-electron chi connectivity index (χ0n) is 7.14. The van der Waals surface area contributed by atoms with Crippen LogP contribution in [0.15, 0.2) is 27.3 Å². The minimum atomic E-state index is 0.244. The van der Waals surface area contributed by atoms with Gasteiger partial charge in [-0.05, 0) is 22.0 Å². The van der Waals surface area contributed by atoms with Crippen LogP contribution in [-0.4, -0.2) is 15.2 Å². The molecule has 0 bridgehead atoms. The molecule has 14 heavy (non-hydrogen) atoms. The number of aromatic nitrogens is 3. The molecule has 2 aromatic rings. The molecule has 2 aromatic heterocycles. The highest BCUT2D eigenvalue weighted by Gasteiger charge is 2.07. The molecule has 0 saturated carbocycles. The molecule has 0 aliphatic heterocycles. The fourth-order valence-electron chi connectivity index (χ4n) is 0.982. The van der Waals surface area contributed by atoms with E-state index in [9.17, 15) is 0 Å². The standard InChI is InChI=1S/C8H7BrN4O/c9-6-1-5(3-11-4-6)8-13-12-7(2-10)14-8/h1,3-4H,2,10H2. The predicted molar refractivity (Wildman–Crippen MR) is 53.1 cm³/mol. The van der Waals surface area contributed by atoms with Crippen molar-refractivity contribution in [1.29, 1.82) is 0 Å². The summed E-state index contributed by atoms with van der Waals surface area (Å²) in [6.45, 7) is 0.244. The number of pyridine rings is 1. The van der Waals surface area contributed by atoms with Gasteiger partial charge in [-0.3, -0.25) is 4.98 Å². The molecular weight excluding hydrogens is 248 g/mol. The Bertz CT molecular complexity index is 442. The quantitative estimate of drug-likeness (QED) is 0.876. The monoisotopic (exact) mass is 254 g/mol. The maximum atomic E-state index is 5.35. The topological polar surface area (TPSA) is 77.8 Å². The van der Waals surface area contributed by atoms with E-state index in [0.717, 1.165) is 10.0 Å². The number of rotatable bonds is 2. The fraction of sp³-hybridized carbons (Fsp3) is 0.125. The molecular formula is C8H7BrN4O. The van der Waals surface area contributed by atoms with Crippen molar-refractivity contribution in [2.75, 3.05) is 0 Å². The zero-order chi connectivity index (χ0) is 9.97. The smallest absolute Gasteiger partial charge is 0.249 e. The normalized spacial score (nSPS) is 10.4. The van der Waals surface area contributed by atoms with Crippen molar-refractivity contribution in [1.82, 2.24) is 15.2 Å². The highest BCUT2D eigenvalue weighted by atomic mass is 79.9. The summed E-state index contributed by atoms with van der Waals surface area (Å²) < 4.78 is 6.13. The molecule has 5 nitrogen and oxygen atoms in total. The minimum absolute atomic E-state index is 0.244. The van der Waals surface area contributed by atoms with E-state index >= 15 is 0 Å². The van der Waals surface area contributed by atoms with Gasteiger partial charge >= 0.3 is 0 Å². The van der Waals surface area contributed by atoms with E-state index in [2.05, 4.69) is 31.1 Å². The molecule has 0 aliphatic rings. The second kappa shape index (κ2) is 3.85. The van der Waals surface area contributed by atoms with Gasteiger partial charge in [0.05, 0.1) is 12.1 Å². The van der Waals surface area contributed by atoms with Crippen LogP contribution >= 0.6 is 15.9 Å². The van der Waals surface area contributed by atoms with Gasteiger partial charge in [-0.25, -0.2) is 0 Å². The average molecular weight is 255 g/mol. The average Bonchev–Trinajstić information content (AvgIpc) is 2.66. The molecule has 0 aliphatic carbocycles. The molecule has 6 heteroatoms. The number of hydrogen-bond acceptors (Lipinski definition) is 5. The summed E-state index contributed by atoms with van der Waals surface area (Å²) in [5.41, 5.74) is 6.12. The Balaban J connectivity index is 2.39. The van der Waals surface area contributed by atoms with Crippen LogP contribution < -0.4 is 5.73 Å². The molecule has 0 radical (unpaired) electrons. The first kappa shape index (κ1) is 9.29. The summed E-state index contributed by atoms with van der Waals surface area (Å²) in [6.07, 6.45) is 3.34. The molecule has 2 N–H and O–H groups in total. The number of nitrogens with zero attached hydrogens (tertiary/aromatic N) is 3. The molecule has 0 atom stereocenters. The maximum absolute atomic E-state index is 5.35. The van der Waals surface area contributed by atoms with Gasteiger partial charge in [0, 0.05) is 16.9 Å². The third-order valence-electron chi connectivity index (χ3n) is 1.59. The summed E-state index contributed by atoms with van der Waals surface area (Å²) in [5.74, 6) is 0.847.